The van der Waals surface area contributed by atoms with Crippen LogP contribution in [-0.4, -0.2) is 84.0 Å². The third kappa shape index (κ3) is 4.09. The predicted octanol–water partition coefficient (Wildman–Crippen LogP) is -1.14. The molecule has 2 atom stereocenters. The van der Waals surface area contributed by atoms with Crippen molar-refractivity contribution in [1.29, 1.82) is 0 Å². The molecule has 0 radical (unpaired) electrons. The number of likely N-dealkylation sites (tertiary alicyclic amines) is 1. The summed E-state index contributed by atoms with van der Waals surface area (Å²) in [5, 5.41) is 8.81. The Labute approximate surface area is 118 Å². The van der Waals surface area contributed by atoms with Crippen LogP contribution in [0.4, 0.5) is 4.79 Å². The molecule has 0 spiro atoms. The molecule has 3 amide bonds. The number of primary amides is 1. The van der Waals surface area contributed by atoms with E-state index in [1.165, 1.54) is 0 Å². The number of carboxylic acids is 1. The van der Waals surface area contributed by atoms with Crippen molar-refractivity contribution in [2.24, 2.45) is 11.7 Å². The number of likely N-dealkylation sites (N-methyl/N-ethyl adjacent to an activating group) is 1. The molecule has 114 valence electrons. The number of rotatable bonds is 5. The number of carbonyl (C=O) groups excluding carboxylic acids is 2. The molecule has 3 N–H and O–H groups in total. The largest absolute Gasteiger partial charge is 0.480 e. The van der Waals surface area contributed by atoms with Crippen molar-refractivity contribution in [2.75, 3.05) is 40.3 Å². The van der Waals surface area contributed by atoms with E-state index in [2.05, 4.69) is 0 Å². The Bertz CT molecular complexity index is 383. The monoisotopic (exact) mass is 286 g/mol. The fraction of sp³-hybridized carbons (Fsp3) is 0.750. The van der Waals surface area contributed by atoms with Crippen LogP contribution in [0.25, 0.3) is 0 Å². The summed E-state index contributed by atoms with van der Waals surface area (Å²) in [4.78, 5) is 38.6. The van der Waals surface area contributed by atoms with Gasteiger partial charge in [0.15, 0.2) is 0 Å². The average molecular weight is 286 g/mol. The van der Waals surface area contributed by atoms with Crippen LogP contribution in [0.3, 0.4) is 0 Å². The molecule has 20 heavy (non-hydrogen) atoms. The van der Waals surface area contributed by atoms with Crippen molar-refractivity contribution in [3.05, 3.63) is 0 Å². The lowest BCUT2D eigenvalue weighted by atomic mass is 10.1. The standard InChI is InChI=1S/C12H22N4O4/c1-8-4-15(5-9(8)14(2)3)12(20)16(6-10(13)17)7-11(18)19/h8-9H,4-7H2,1-3H3,(H2,13,17)(H,18,19). The van der Waals surface area contributed by atoms with Crippen molar-refractivity contribution in [1.82, 2.24) is 14.7 Å². The van der Waals surface area contributed by atoms with Crippen LogP contribution in [0.15, 0.2) is 0 Å². The summed E-state index contributed by atoms with van der Waals surface area (Å²) >= 11 is 0. The molecular formula is C12H22N4O4. The van der Waals surface area contributed by atoms with Gasteiger partial charge in [0, 0.05) is 19.1 Å². The Morgan fingerprint density at radius 3 is 2.25 bits per heavy atom. The van der Waals surface area contributed by atoms with Crippen LogP contribution < -0.4 is 5.73 Å². The molecule has 1 heterocycles. The number of urea groups is 1. The van der Waals surface area contributed by atoms with Gasteiger partial charge < -0.3 is 25.5 Å². The molecule has 0 bridgehead atoms. The van der Waals surface area contributed by atoms with E-state index < -0.39 is 24.5 Å². The van der Waals surface area contributed by atoms with Gasteiger partial charge in [-0.15, -0.1) is 0 Å². The van der Waals surface area contributed by atoms with Gasteiger partial charge >= 0.3 is 12.0 Å². The molecule has 1 fully saturated rings. The minimum atomic E-state index is -1.17. The number of nitrogens with zero attached hydrogens (tertiary/aromatic N) is 3. The van der Waals surface area contributed by atoms with E-state index in [0.29, 0.717) is 13.1 Å². The Morgan fingerprint density at radius 2 is 1.85 bits per heavy atom. The summed E-state index contributed by atoms with van der Waals surface area (Å²) in [7, 11) is 3.88. The first-order valence-electron chi connectivity index (χ1n) is 6.42. The van der Waals surface area contributed by atoms with Gasteiger partial charge in [0.2, 0.25) is 5.91 Å². The fourth-order valence-corrected chi connectivity index (χ4v) is 2.52. The highest BCUT2D eigenvalue weighted by Crippen LogP contribution is 2.21. The van der Waals surface area contributed by atoms with E-state index in [1.807, 2.05) is 25.9 Å². The highest BCUT2D eigenvalue weighted by Gasteiger charge is 2.36. The SMILES string of the molecule is CC1CN(C(=O)N(CC(N)=O)CC(=O)O)CC1N(C)C. The summed E-state index contributed by atoms with van der Waals surface area (Å²) in [5.74, 6) is -1.61. The molecule has 0 aliphatic carbocycles. The Morgan fingerprint density at radius 1 is 1.25 bits per heavy atom. The summed E-state index contributed by atoms with van der Waals surface area (Å²) < 4.78 is 0. The molecule has 0 aromatic carbocycles. The smallest absolute Gasteiger partial charge is 0.323 e. The van der Waals surface area contributed by atoms with E-state index >= 15 is 0 Å². The van der Waals surface area contributed by atoms with Crippen molar-refractivity contribution >= 4 is 17.9 Å². The number of nitrogens with two attached hydrogens (primary N) is 1. The summed E-state index contributed by atoms with van der Waals surface area (Å²) in [6.07, 6.45) is 0. The zero-order valence-corrected chi connectivity index (χ0v) is 12.1. The molecule has 1 rings (SSSR count). The number of carbonyl (C=O) groups is 3. The van der Waals surface area contributed by atoms with Crippen molar-refractivity contribution in [3.63, 3.8) is 0 Å². The number of amides is 3. The normalized spacial score (nSPS) is 22.1. The van der Waals surface area contributed by atoms with Crippen LogP contribution in [0.2, 0.25) is 0 Å². The number of aliphatic carboxylic acids is 1. The van der Waals surface area contributed by atoms with Gasteiger partial charge in [-0.3, -0.25) is 9.59 Å². The van der Waals surface area contributed by atoms with E-state index in [0.717, 1.165) is 4.90 Å². The fourth-order valence-electron chi connectivity index (χ4n) is 2.52. The molecule has 1 aliphatic heterocycles. The topological polar surface area (TPSA) is 107 Å². The van der Waals surface area contributed by atoms with Crippen LogP contribution in [-0.2, 0) is 9.59 Å². The quantitative estimate of drug-likeness (QED) is 0.664. The average Bonchev–Trinajstić information content (AvgIpc) is 2.68. The van der Waals surface area contributed by atoms with Crippen molar-refractivity contribution < 1.29 is 19.5 Å². The lowest BCUT2D eigenvalue weighted by Crippen LogP contribution is -2.48. The number of hydrogen-bond donors (Lipinski definition) is 2. The van der Waals surface area contributed by atoms with E-state index in [-0.39, 0.29) is 18.5 Å². The van der Waals surface area contributed by atoms with Gasteiger partial charge in [0.25, 0.3) is 0 Å². The van der Waals surface area contributed by atoms with Gasteiger partial charge in [-0.2, -0.15) is 0 Å². The molecule has 0 aromatic heterocycles. The molecule has 2 unspecified atom stereocenters. The Kier molecular flexibility index (Phi) is 5.32. The minimum Gasteiger partial charge on any atom is -0.480 e. The molecular weight excluding hydrogens is 264 g/mol. The van der Waals surface area contributed by atoms with Gasteiger partial charge in [0.1, 0.15) is 13.1 Å². The third-order valence-corrected chi connectivity index (χ3v) is 3.45. The number of carboxylic acid groups (broad SMARTS) is 1. The third-order valence-electron chi connectivity index (χ3n) is 3.45. The summed E-state index contributed by atoms with van der Waals surface area (Å²) in [6.45, 7) is 2.17. The maximum atomic E-state index is 12.3. The van der Waals surface area contributed by atoms with E-state index in [4.69, 9.17) is 10.8 Å². The Balaban J connectivity index is 2.75. The highest BCUT2D eigenvalue weighted by atomic mass is 16.4. The first-order chi connectivity index (χ1) is 9.22. The first kappa shape index (κ1) is 16.2. The molecule has 1 saturated heterocycles. The zero-order valence-electron chi connectivity index (χ0n) is 12.1. The molecule has 8 heteroatoms. The van der Waals surface area contributed by atoms with Crippen molar-refractivity contribution in [3.8, 4) is 0 Å². The molecule has 0 aromatic rings. The van der Waals surface area contributed by atoms with E-state index in [9.17, 15) is 14.4 Å². The number of hydrogen-bond acceptors (Lipinski definition) is 4. The maximum Gasteiger partial charge on any atom is 0.323 e. The lowest BCUT2D eigenvalue weighted by molar-refractivity contribution is -0.138. The zero-order chi connectivity index (χ0) is 15.4. The lowest BCUT2D eigenvalue weighted by Gasteiger charge is -2.26. The van der Waals surface area contributed by atoms with Crippen LogP contribution >= 0.6 is 0 Å². The Hall–Kier alpha value is -1.83. The van der Waals surface area contributed by atoms with Gasteiger partial charge in [-0.25, -0.2) is 4.79 Å². The molecule has 1 aliphatic rings. The second kappa shape index (κ2) is 6.56. The van der Waals surface area contributed by atoms with Crippen molar-refractivity contribution in [2.45, 2.75) is 13.0 Å². The highest BCUT2D eigenvalue weighted by molar-refractivity contribution is 5.86. The first-order valence-corrected chi connectivity index (χ1v) is 6.42. The van der Waals surface area contributed by atoms with Gasteiger partial charge in [0.05, 0.1) is 0 Å². The van der Waals surface area contributed by atoms with Crippen LogP contribution in [0.1, 0.15) is 6.92 Å². The molecule has 8 nitrogen and oxygen atoms in total. The second-order valence-electron chi connectivity index (χ2n) is 5.41. The van der Waals surface area contributed by atoms with E-state index in [1.54, 1.807) is 4.90 Å². The predicted molar refractivity (Wildman–Crippen MR) is 72.0 cm³/mol. The van der Waals surface area contributed by atoms with Crippen LogP contribution in [0, 0.1) is 5.92 Å². The van der Waals surface area contributed by atoms with Gasteiger partial charge in [-0.1, -0.05) is 6.92 Å². The second-order valence-corrected chi connectivity index (χ2v) is 5.41. The summed E-state index contributed by atoms with van der Waals surface area (Å²) in [6, 6.07) is -0.235. The van der Waals surface area contributed by atoms with Crippen LogP contribution in [0.5, 0.6) is 0 Å². The summed E-state index contributed by atoms with van der Waals surface area (Å²) in [5.41, 5.74) is 5.06. The minimum absolute atomic E-state index is 0.221. The maximum absolute atomic E-state index is 12.3. The van der Waals surface area contributed by atoms with Gasteiger partial charge in [-0.05, 0) is 20.0 Å². The molecule has 0 saturated carbocycles.